The second-order valence-electron chi connectivity index (χ2n) is 4.57. The predicted octanol–water partition coefficient (Wildman–Crippen LogP) is 5.03. The van der Waals surface area contributed by atoms with E-state index in [0.717, 1.165) is 18.4 Å². The molecule has 0 aliphatic rings. The quantitative estimate of drug-likeness (QED) is 0.669. The molecule has 0 bridgehead atoms. The highest BCUT2D eigenvalue weighted by Crippen LogP contribution is 2.25. The minimum Gasteiger partial charge on any atom is -0.206 e. The Kier molecular flexibility index (Phi) is 5.77. The molecule has 0 aliphatic heterocycles. The van der Waals surface area contributed by atoms with Crippen molar-refractivity contribution in [1.29, 1.82) is 0 Å². The molecule has 0 spiro atoms. The van der Waals surface area contributed by atoms with Gasteiger partial charge in [-0.15, -0.1) is 11.6 Å². The molecule has 1 atom stereocenters. The normalized spacial score (nSPS) is 13.1. The molecule has 0 heterocycles. The molecule has 90 valence electrons. The zero-order valence-corrected chi connectivity index (χ0v) is 12.0. The first-order valence-corrected chi connectivity index (χ1v) is 6.86. The molecule has 3 heteroatoms. The lowest BCUT2D eigenvalue weighted by atomic mass is 9.92. The maximum atomic E-state index is 13.3. The van der Waals surface area contributed by atoms with Crippen LogP contribution in [-0.4, -0.2) is 5.88 Å². The van der Waals surface area contributed by atoms with Crippen LogP contribution in [0.25, 0.3) is 0 Å². The zero-order valence-electron chi connectivity index (χ0n) is 9.64. The van der Waals surface area contributed by atoms with Crippen molar-refractivity contribution in [2.75, 3.05) is 5.88 Å². The molecule has 1 rings (SSSR count). The van der Waals surface area contributed by atoms with E-state index < -0.39 is 0 Å². The predicted molar refractivity (Wildman–Crippen MR) is 71.5 cm³/mol. The van der Waals surface area contributed by atoms with Crippen molar-refractivity contribution in [2.24, 2.45) is 11.8 Å². The molecule has 0 saturated heterocycles. The standard InChI is InChI=1S/C13H17BrClF/c1-9(2)6-10(8-15)7-11-4-3-5-12(16)13(11)14/h3-5,9-10H,6-8H2,1-2H3. The number of rotatable bonds is 5. The molecule has 0 fully saturated rings. The summed E-state index contributed by atoms with van der Waals surface area (Å²) < 4.78 is 13.9. The smallest absolute Gasteiger partial charge is 0.137 e. The van der Waals surface area contributed by atoms with E-state index in [4.69, 9.17) is 11.6 Å². The Morgan fingerprint density at radius 3 is 2.62 bits per heavy atom. The van der Waals surface area contributed by atoms with E-state index in [1.165, 1.54) is 6.07 Å². The molecule has 0 saturated carbocycles. The van der Waals surface area contributed by atoms with Gasteiger partial charge in [0.05, 0.1) is 4.47 Å². The first-order valence-electron chi connectivity index (χ1n) is 5.53. The van der Waals surface area contributed by atoms with Crippen LogP contribution in [0.3, 0.4) is 0 Å². The van der Waals surface area contributed by atoms with E-state index in [0.29, 0.717) is 22.2 Å². The van der Waals surface area contributed by atoms with Crippen molar-refractivity contribution in [3.8, 4) is 0 Å². The first kappa shape index (κ1) is 14.0. The molecular weight excluding hydrogens is 290 g/mol. The number of hydrogen-bond acceptors (Lipinski definition) is 0. The summed E-state index contributed by atoms with van der Waals surface area (Å²) >= 11 is 9.23. The summed E-state index contributed by atoms with van der Waals surface area (Å²) in [4.78, 5) is 0. The van der Waals surface area contributed by atoms with E-state index >= 15 is 0 Å². The minimum atomic E-state index is -0.199. The Balaban J connectivity index is 2.74. The largest absolute Gasteiger partial charge is 0.206 e. The van der Waals surface area contributed by atoms with Gasteiger partial charge >= 0.3 is 0 Å². The highest BCUT2D eigenvalue weighted by Gasteiger charge is 2.13. The lowest BCUT2D eigenvalue weighted by Gasteiger charge is -2.17. The summed E-state index contributed by atoms with van der Waals surface area (Å²) in [6, 6.07) is 5.16. The van der Waals surface area contributed by atoms with Crippen molar-refractivity contribution < 1.29 is 4.39 Å². The average molecular weight is 308 g/mol. The van der Waals surface area contributed by atoms with Gasteiger partial charge in [-0.25, -0.2) is 4.39 Å². The van der Waals surface area contributed by atoms with E-state index in [1.54, 1.807) is 6.07 Å². The Hall–Kier alpha value is -0.0800. The summed E-state index contributed by atoms with van der Waals surface area (Å²) in [5, 5.41) is 0. The van der Waals surface area contributed by atoms with E-state index in [-0.39, 0.29) is 5.82 Å². The van der Waals surface area contributed by atoms with Crippen LogP contribution in [0.1, 0.15) is 25.8 Å². The monoisotopic (exact) mass is 306 g/mol. The van der Waals surface area contributed by atoms with Crippen molar-refractivity contribution in [1.82, 2.24) is 0 Å². The van der Waals surface area contributed by atoms with Gasteiger partial charge in [-0.2, -0.15) is 0 Å². The molecule has 16 heavy (non-hydrogen) atoms. The molecule has 1 aromatic carbocycles. The zero-order chi connectivity index (χ0) is 12.1. The summed E-state index contributed by atoms with van der Waals surface area (Å²) in [6.07, 6.45) is 1.91. The fraction of sp³-hybridized carbons (Fsp3) is 0.538. The van der Waals surface area contributed by atoms with Gasteiger partial charge < -0.3 is 0 Å². The number of hydrogen-bond donors (Lipinski definition) is 0. The third-order valence-corrected chi connectivity index (χ3v) is 3.89. The van der Waals surface area contributed by atoms with Gasteiger partial charge in [-0.1, -0.05) is 26.0 Å². The average Bonchev–Trinajstić information content (AvgIpc) is 2.23. The molecule has 0 aromatic heterocycles. The van der Waals surface area contributed by atoms with Crippen LogP contribution in [0.5, 0.6) is 0 Å². The number of alkyl halides is 1. The topological polar surface area (TPSA) is 0 Å². The van der Waals surface area contributed by atoms with Crippen molar-refractivity contribution in [2.45, 2.75) is 26.7 Å². The maximum absolute atomic E-state index is 13.3. The van der Waals surface area contributed by atoms with Gasteiger partial charge in [-0.3, -0.25) is 0 Å². The highest BCUT2D eigenvalue weighted by atomic mass is 79.9. The second-order valence-corrected chi connectivity index (χ2v) is 5.67. The molecule has 0 aliphatic carbocycles. The third kappa shape index (κ3) is 4.06. The molecule has 0 nitrogen and oxygen atoms in total. The lowest BCUT2D eigenvalue weighted by molar-refractivity contribution is 0.440. The van der Waals surface area contributed by atoms with Gasteiger partial charge in [-0.05, 0) is 52.2 Å². The minimum absolute atomic E-state index is 0.199. The van der Waals surface area contributed by atoms with Gasteiger partial charge in [0, 0.05) is 5.88 Å². The van der Waals surface area contributed by atoms with E-state index in [9.17, 15) is 4.39 Å². The van der Waals surface area contributed by atoms with Crippen LogP contribution in [0.15, 0.2) is 22.7 Å². The van der Waals surface area contributed by atoms with E-state index in [2.05, 4.69) is 29.8 Å². The van der Waals surface area contributed by atoms with Crippen LogP contribution >= 0.6 is 27.5 Å². The SMILES string of the molecule is CC(C)CC(CCl)Cc1cccc(F)c1Br. The van der Waals surface area contributed by atoms with Crippen LogP contribution in [0, 0.1) is 17.7 Å². The fourth-order valence-corrected chi connectivity index (χ4v) is 2.55. The van der Waals surface area contributed by atoms with Gasteiger partial charge in [0.2, 0.25) is 0 Å². The Morgan fingerprint density at radius 1 is 1.38 bits per heavy atom. The van der Waals surface area contributed by atoms with Crippen LogP contribution in [0.4, 0.5) is 4.39 Å². The molecular formula is C13H17BrClF. The van der Waals surface area contributed by atoms with Crippen molar-refractivity contribution in [3.63, 3.8) is 0 Å². The van der Waals surface area contributed by atoms with Gasteiger partial charge in [0.1, 0.15) is 5.82 Å². The van der Waals surface area contributed by atoms with Gasteiger partial charge in [0.15, 0.2) is 0 Å². The Bertz CT molecular complexity index is 339. The summed E-state index contributed by atoms with van der Waals surface area (Å²) in [6.45, 7) is 4.36. The Morgan fingerprint density at radius 2 is 2.06 bits per heavy atom. The molecule has 1 aromatic rings. The lowest BCUT2D eigenvalue weighted by Crippen LogP contribution is -2.10. The van der Waals surface area contributed by atoms with Crippen molar-refractivity contribution in [3.05, 3.63) is 34.1 Å². The fourth-order valence-electron chi connectivity index (χ4n) is 1.88. The van der Waals surface area contributed by atoms with Crippen LogP contribution in [-0.2, 0) is 6.42 Å². The summed E-state index contributed by atoms with van der Waals surface area (Å²) in [5.41, 5.74) is 1.01. The summed E-state index contributed by atoms with van der Waals surface area (Å²) in [5.74, 6) is 1.47. The number of benzene rings is 1. The van der Waals surface area contributed by atoms with E-state index in [1.807, 2.05) is 6.07 Å². The maximum Gasteiger partial charge on any atom is 0.137 e. The highest BCUT2D eigenvalue weighted by molar-refractivity contribution is 9.10. The molecule has 1 unspecified atom stereocenters. The van der Waals surface area contributed by atoms with Gasteiger partial charge in [0.25, 0.3) is 0 Å². The second kappa shape index (κ2) is 6.61. The number of halogens is 3. The molecule has 0 N–H and O–H groups in total. The third-order valence-electron chi connectivity index (χ3n) is 2.56. The van der Waals surface area contributed by atoms with Crippen LogP contribution in [0.2, 0.25) is 0 Å². The Labute approximate surface area is 110 Å². The summed E-state index contributed by atoms with van der Waals surface area (Å²) in [7, 11) is 0. The van der Waals surface area contributed by atoms with Crippen LogP contribution < -0.4 is 0 Å². The molecule has 0 radical (unpaired) electrons. The van der Waals surface area contributed by atoms with Crippen molar-refractivity contribution >= 4 is 27.5 Å². The first-order chi connectivity index (χ1) is 7.54. The molecule has 0 amide bonds.